The number of hydrogen-bond donors (Lipinski definition) is 1. The van der Waals surface area contributed by atoms with Crippen molar-refractivity contribution in [1.29, 1.82) is 0 Å². The Hall–Kier alpha value is -0.570. The van der Waals surface area contributed by atoms with E-state index in [-0.39, 0.29) is 0 Å². The Morgan fingerprint density at radius 2 is 2.21 bits per heavy atom. The van der Waals surface area contributed by atoms with Crippen molar-refractivity contribution in [1.82, 2.24) is 5.01 Å². The lowest BCUT2D eigenvalue weighted by molar-refractivity contribution is 0.151. The third-order valence-electron chi connectivity index (χ3n) is 2.78. The summed E-state index contributed by atoms with van der Waals surface area (Å²) in [5, 5.41) is 2.72. The Bertz CT molecular complexity index is 314. The van der Waals surface area contributed by atoms with Crippen molar-refractivity contribution in [3.8, 4) is 0 Å². The van der Waals surface area contributed by atoms with Gasteiger partial charge < -0.3 is 0 Å². The average Bonchev–Trinajstić information content (AvgIpc) is 2.18. The minimum atomic E-state index is 0.349. The largest absolute Gasteiger partial charge is 0.268 e. The van der Waals surface area contributed by atoms with Gasteiger partial charge in [-0.25, -0.2) is 5.01 Å². The van der Waals surface area contributed by atoms with Crippen LogP contribution >= 0.6 is 11.6 Å². The summed E-state index contributed by atoms with van der Waals surface area (Å²) >= 11 is 5.95. The second kappa shape index (κ2) is 4.30. The van der Waals surface area contributed by atoms with E-state index < -0.39 is 0 Å². The highest BCUT2D eigenvalue weighted by molar-refractivity contribution is 6.30. The first kappa shape index (κ1) is 9.97. The van der Waals surface area contributed by atoms with Crippen molar-refractivity contribution in [3.05, 3.63) is 34.9 Å². The zero-order valence-corrected chi connectivity index (χ0v) is 8.87. The van der Waals surface area contributed by atoms with Gasteiger partial charge in [-0.1, -0.05) is 30.2 Å². The lowest BCUT2D eigenvalue weighted by atomic mass is 9.97. The molecular weight excluding hydrogens is 196 g/mol. The Balaban J connectivity index is 2.20. The molecule has 1 saturated heterocycles. The molecule has 2 nitrogen and oxygen atoms in total. The molecule has 0 spiro atoms. The van der Waals surface area contributed by atoms with Gasteiger partial charge in [-0.3, -0.25) is 5.84 Å². The SMILES string of the molecule is NN1CCCCC1c1cccc(Cl)c1. The molecule has 1 aromatic rings. The number of nitrogens with zero attached hydrogens (tertiary/aromatic N) is 1. The second-order valence-electron chi connectivity index (χ2n) is 3.80. The quantitative estimate of drug-likeness (QED) is 0.723. The van der Waals surface area contributed by atoms with Gasteiger partial charge in [0.1, 0.15) is 0 Å². The third-order valence-corrected chi connectivity index (χ3v) is 3.01. The molecule has 0 saturated carbocycles. The van der Waals surface area contributed by atoms with Crippen LogP contribution in [0.1, 0.15) is 30.9 Å². The van der Waals surface area contributed by atoms with Crippen molar-refractivity contribution in [2.75, 3.05) is 6.54 Å². The van der Waals surface area contributed by atoms with E-state index in [0.29, 0.717) is 6.04 Å². The normalized spacial score (nSPS) is 23.7. The van der Waals surface area contributed by atoms with Crippen molar-refractivity contribution in [3.63, 3.8) is 0 Å². The molecule has 1 heterocycles. The smallest absolute Gasteiger partial charge is 0.0491 e. The van der Waals surface area contributed by atoms with Gasteiger partial charge >= 0.3 is 0 Å². The summed E-state index contributed by atoms with van der Waals surface area (Å²) in [6.45, 7) is 0.983. The maximum absolute atomic E-state index is 5.95. The Kier molecular flexibility index (Phi) is 3.06. The van der Waals surface area contributed by atoms with Crippen LogP contribution in [0.15, 0.2) is 24.3 Å². The van der Waals surface area contributed by atoms with Crippen LogP contribution < -0.4 is 5.84 Å². The molecule has 76 valence electrons. The Morgan fingerprint density at radius 3 is 2.93 bits per heavy atom. The predicted octanol–water partition coefficient (Wildman–Crippen LogP) is 2.74. The highest BCUT2D eigenvalue weighted by atomic mass is 35.5. The first-order chi connectivity index (χ1) is 6.77. The molecule has 0 bridgehead atoms. The summed E-state index contributed by atoms with van der Waals surface area (Å²) in [6.07, 6.45) is 3.59. The topological polar surface area (TPSA) is 29.3 Å². The van der Waals surface area contributed by atoms with E-state index in [4.69, 9.17) is 17.4 Å². The van der Waals surface area contributed by atoms with E-state index in [1.54, 1.807) is 0 Å². The van der Waals surface area contributed by atoms with Gasteiger partial charge in [0.2, 0.25) is 0 Å². The first-order valence-electron chi connectivity index (χ1n) is 5.04. The summed E-state index contributed by atoms with van der Waals surface area (Å²) in [7, 11) is 0. The van der Waals surface area contributed by atoms with Crippen molar-refractivity contribution in [2.24, 2.45) is 5.84 Å². The van der Waals surface area contributed by atoms with Gasteiger partial charge in [-0.15, -0.1) is 0 Å². The van der Waals surface area contributed by atoms with Crippen LogP contribution in [-0.4, -0.2) is 11.6 Å². The molecule has 2 N–H and O–H groups in total. The number of rotatable bonds is 1. The van der Waals surface area contributed by atoms with E-state index in [1.165, 1.54) is 18.4 Å². The maximum Gasteiger partial charge on any atom is 0.0491 e. The molecule has 0 amide bonds. The summed E-state index contributed by atoms with van der Waals surface area (Å²) < 4.78 is 0. The second-order valence-corrected chi connectivity index (χ2v) is 4.24. The van der Waals surface area contributed by atoms with Gasteiger partial charge in [-0.05, 0) is 30.5 Å². The standard InChI is InChI=1S/C11H15ClN2/c12-10-5-3-4-9(8-10)11-6-1-2-7-14(11)13/h3-5,8,11H,1-2,6-7,13H2. The van der Waals surface area contributed by atoms with E-state index in [0.717, 1.165) is 18.0 Å². The van der Waals surface area contributed by atoms with Crippen LogP contribution in [0.25, 0.3) is 0 Å². The molecule has 1 aliphatic rings. The van der Waals surface area contributed by atoms with Crippen LogP contribution in [0.3, 0.4) is 0 Å². The summed E-state index contributed by atoms with van der Waals surface area (Å²) in [6, 6.07) is 8.34. The molecule has 1 aromatic carbocycles. The van der Waals surface area contributed by atoms with Crippen molar-refractivity contribution in [2.45, 2.75) is 25.3 Å². The number of hydrazine groups is 1. The highest BCUT2D eigenvalue weighted by Crippen LogP contribution is 2.29. The van der Waals surface area contributed by atoms with Crippen LogP contribution in [0, 0.1) is 0 Å². The maximum atomic E-state index is 5.95. The molecule has 2 rings (SSSR count). The molecule has 1 fully saturated rings. The molecule has 1 aliphatic heterocycles. The predicted molar refractivity (Wildman–Crippen MR) is 58.9 cm³/mol. The molecule has 1 unspecified atom stereocenters. The molecule has 14 heavy (non-hydrogen) atoms. The van der Waals surface area contributed by atoms with E-state index in [9.17, 15) is 0 Å². The molecule has 1 atom stereocenters. The Morgan fingerprint density at radius 1 is 1.36 bits per heavy atom. The first-order valence-corrected chi connectivity index (χ1v) is 5.42. The monoisotopic (exact) mass is 210 g/mol. The molecule has 0 radical (unpaired) electrons. The zero-order valence-electron chi connectivity index (χ0n) is 8.12. The molecular formula is C11H15ClN2. The molecule has 0 aliphatic carbocycles. The van der Waals surface area contributed by atoms with Gasteiger partial charge in [0.05, 0.1) is 0 Å². The zero-order chi connectivity index (χ0) is 9.97. The number of hydrogen-bond acceptors (Lipinski definition) is 2. The lowest BCUT2D eigenvalue weighted by Gasteiger charge is -2.32. The van der Waals surface area contributed by atoms with Crippen molar-refractivity contribution < 1.29 is 0 Å². The van der Waals surface area contributed by atoms with Crippen LogP contribution in [0.4, 0.5) is 0 Å². The fourth-order valence-electron chi connectivity index (χ4n) is 2.03. The molecule has 0 aromatic heterocycles. The summed E-state index contributed by atoms with van der Waals surface area (Å²) in [5.74, 6) is 5.95. The van der Waals surface area contributed by atoms with Crippen molar-refractivity contribution >= 4 is 11.6 Å². The van der Waals surface area contributed by atoms with Crippen LogP contribution in [0.5, 0.6) is 0 Å². The minimum Gasteiger partial charge on any atom is -0.268 e. The van der Waals surface area contributed by atoms with E-state index >= 15 is 0 Å². The van der Waals surface area contributed by atoms with Crippen LogP contribution in [-0.2, 0) is 0 Å². The molecule has 3 heteroatoms. The summed E-state index contributed by atoms with van der Waals surface area (Å²) in [5.41, 5.74) is 1.24. The fraction of sp³-hybridized carbons (Fsp3) is 0.455. The van der Waals surface area contributed by atoms with E-state index in [2.05, 4.69) is 6.07 Å². The number of nitrogens with two attached hydrogens (primary N) is 1. The third kappa shape index (κ3) is 2.08. The van der Waals surface area contributed by atoms with Gasteiger partial charge in [0, 0.05) is 17.6 Å². The Labute approximate surface area is 89.6 Å². The number of halogens is 1. The highest BCUT2D eigenvalue weighted by Gasteiger charge is 2.20. The summed E-state index contributed by atoms with van der Waals surface area (Å²) in [4.78, 5) is 0. The fourth-order valence-corrected chi connectivity index (χ4v) is 2.22. The van der Waals surface area contributed by atoms with E-state index in [1.807, 2.05) is 23.2 Å². The van der Waals surface area contributed by atoms with Gasteiger partial charge in [-0.2, -0.15) is 0 Å². The lowest BCUT2D eigenvalue weighted by Crippen LogP contribution is -2.38. The number of piperidine rings is 1. The number of benzene rings is 1. The van der Waals surface area contributed by atoms with Crippen LogP contribution in [0.2, 0.25) is 5.02 Å². The minimum absolute atomic E-state index is 0.349. The average molecular weight is 211 g/mol. The van der Waals surface area contributed by atoms with Gasteiger partial charge in [0.25, 0.3) is 0 Å². The van der Waals surface area contributed by atoms with Gasteiger partial charge in [0.15, 0.2) is 0 Å².